The number of oxime groups is 1. The zero-order chi connectivity index (χ0) is 45.2. The maximum atomic E-state index is 11.7. The van der Waals surface area contributed by atoms with Gasteiger partial charge in [-0.15, -0.1) is 0 Å². The number of amides is 4. The van der Waals surface area contributed by atoms with Crippen molar-refractivity contribution in [2.24, 2.45) is 10.9 Å². The maximum Gasteiger partial charge on any atom is 0.394 e. The molecule has 17 heteroatoms. The van der Waals surface area contributed by atoms with Crippen molar-refractivity contribution in [3.63, 3.8) is 0 Å². The van der Waals surface area contributed by atoms with Crippen molar-refractivity contribution in [2.45, 2.75) is 18.5 Å². The van der Waals surface area contributed by atoms with Gasteiger partial charge in [0.2, 0.25) is 5.91 Å². The average molecular weight is 908 g/mol. The van der Waals surface area contributed by atoms with Gasteiger partial charge in [0, 0.05) is 13.5 Å². The van der Waals surface area contributed by atoms with Gasteiger partial charge in [-0.05, 0) is 47.7 Å². The van der Waals surface area contributed by atoms with Crippen LogP contribution in [0.1, 0.15) is 6.42 Å². The Hall–Kier alpha value is -6.31. The van der Waals surface area contributed by atoms with Crippen LogP contribution in [0.3, 0.4) is 0 Å². The van der Waals surface area contributed by atoms with Gasteiger partial charge in [0.25, 0.3) is 5.91 Å². The van der Waals surface area contributed by atoms with Crippen LogP contribution in [0, 0.1) is 0 Å². The quantitative estimate of drug-likeness (QED) is 0.0579. The number of nitrogens with zero attached hydrogens (tertiary/aromatic N) is 3. The van der Waals surface area contributed by atoms with Gasteiger partial charge in [-0.3, -0.25) is 23.9 Å². The largest absolute Gasteiger partial charge is 0.394 e. The van der Waals surface area contributed by atoms with E-state index >= 15 is 0 Å². The normalized spacial score (nSPS) is 15.8. The summed E-state index contributed by atoms with van der Waals surface area (Å²) in [7, 11) is -4.11. The number of piperidine rings is 1. The lowest BCUT2D eigenvalue weighted by atomic mass is 9.98. The summed E-state index contributed by atoms with van der Waals surface area (Å²) in [6.07, 6.45) is 0.0660. The van der Waals surface area contributed by atoms with E-state index in [0.717, 1.165) is 0 Å². The topological polar surface area (TPSA) is 212 Å². The van der Waals surface area contributed by atoms with Gasteiger partial charge in [0.1, 0.15) is 12.1 Å². The van der Waals surface area contributed by atoms with E-state index in [2.05, 4.69) is 192 Å². The van der Waals surface area contributed by atoms with E-state index in [9.17, 15) is 19.6 Å². The van der Waals surface area contributed by atoms with Crippen molar-refractivity contribution >= 4 is 81.6 Å². The maximum absolute atomic E-state index is 11.7. The standard InChI is InChI=1S/2C18H15P.C10H15N5O5.H2O4S/c2*1-4-10-16(11-5-1)19(17-12-6-2-7-13-17)18-14-8-3-9-15-18;1-12-8(16)4-20-13-5-2-6(9(11)17)14-3-7(5)15(19)10(14)18;1-5(2,3)4/h2*1-15H;6-7,19H,2-4H2,1H3,(H2,11,17)(H,12,16);(H2,1,2,3,4)/b;;13-5+;/t;;6-,7-;/m..0./s1. The number of fused-ring (bicyclic) bond motifs is 2. The first-order valence-corrected chi connectivity index (χ1v) is 23.5. The lowest BCUT2D eigenvalue weighted by Crippen LogP contribution is -2.51. The van der Waals surface area contributed by atoms with E-state index in [4.69, 9.17) is 28.1 Å². The smallest absolute Gasteiger partial charge is 0.386 e. The number of benzene rings is 6. The minimum absolute atomic E-state index is 0.0660. The Kier molecular flexibility index (Phi) is 18.0. The summed E-state index contributed by atoms with van der Waals surface area (Å²) in [5.74, 6) is -1.06. The van der Waals surface area contributed by atoms with E-state index in [-0.39, 0.29) is 25.5 Å². The van der Waals surface area contributed by atoms with Crippen LogP contribution in [0.25, 0.3) is 0 Å². The molecule has 6 aromatic carbocycles. The molecular weight excluding hydrogens is 861 g/mol. The van der Waals surface area contributed by atoms with Crippen LogP contribution in [-0.4, -0.2) is 88.5 Å². The molecule has 2 aliphatic rings. The number of carbonyl (C=O) groups excluding carboxylic acids is 3. The minimum Gasteiger partial charge on any atom is -0.386 e. The molecule has 0 aromatic heterocycles. The molecule has 2 atom stereocenters. The van der Waals surface area contributed by atoms with E-state index in [1.165, 1.54) is 43.8 Å². The fraction of sp³-hybridized carbons (Fsp3) is 0.130. The van der Waals surface area contributed by atoms with Crippen LogP contribution in [0.5, 0.6) is 0 Å². The molecule has 4 amide bonds. The highest BCUT2D eigenvalue weighted by atomic mass is 32.3. The van der Waals surface area contributed by atoms with Gasteiger partial charge in [-0.1, -0.05) is 187 Å². The second-order valence-corrected chi connectivity index (χ2v) is 18.9. The Balaban J connectivity index is 0.000000169. The second kappa shape index (κ2) is 23.8. The summed E-state index contributed by atoms with van der Waals surface area (Å²) in [5.41, 5.74) is 5.52. The number of nitrogens with one attached hydrogen (secondary N) is 1. The molecule has 2 bridgehead atoms. The zero-order valence-electron chi connectivity index (χ0n) is 34.1. The number of urea groups is 1. The first-order chi connectivity index (χ1) is 30.4. The summed E-state index contributed by atoms with van der Waals surface area (Å²) in [5, 5.41) is 24.6. The molecule has 63 heavy (non-hydrogen) atoms. The highest BCUT2D eigenvalue weighted by molar-refractivity contribution is 7.80. The number of hydroxylamine groups is 2. The summed E-state index contributed by atoms with van der Waals surface area (Å²) in [6, 6.07) is 62.4. The molecule has 6 N–H and O–H groups in total. The molecule has 14 nitrogen and oxygen atoms in total. The van der Waals surface area contributed by atoms with Gasteiger partial charge in [-0.25, -0.2) is 4.79 Å². The summed E-state index contributed by atoms with van der Waals surface area (Å²) in [6.45, 7) is -0.192. The number of likely N-dealkylation sites (N-methyl/N-ethyl adjacent to an activating group) is 1. The highest BCUT2D eigenvalue weighted by Crippen LogP contribution is 2.33. The molecule has 8 rings (SSSR count). The molecule has 2 aliphatic heterocycles. The van der Waals surface area contributed by atoms with Crippen LogP contribution in [0.4, 0.5) is 4.79 Å². The van der Waals surface area contributed by atoms with Gasteiger partial charge >= 0.3 is 16.4 Å². The van der Waals surface area contributed by atoms with Crippen molar-refractivity contribution in [3.8, 4) is 0 Å². The molecule has 0 radical (unpaired) electrons. The first kappa shape index (κ1) is 47.7. The molecule has 2 heterocycles. The third kappa shape index (κ3) is 14.4. The number of primary amides is 1. The van der Waals surface area contributed by atoms with E-state index in [1.54, 1.807) is 0 Å². The highest BCUT2D eigenvalue weighted by Gasteiger charge is 2.50. The van der Waals surface area contributed by atoms with Crippen molar-refractivity contribution in [3.05, 3.63) is 182 Å². The van der Waals surface area contributed by atoms with Crippen molar-refractivity contribution in [1.29, 1.82) is 0 Å². The predicted molar refractivity (Wildman–Crippen MR) is 249 cm³/mol. The molecule has 6 aromatic rings. The summed E-state index contributed by atoms with van der Waals surface area (Å²) < 4.78 is 31.6. The fourth-order valence-corrected chi connectivity index (χ4v) is 11.1. The molecule has 326 valence electrons. The Labute approximate surface area is 369 Å². The van der Waals surface area contributed by atoms with E-state index in [1.807, 2.05) is 0 Å². The minimum atomic E-state index is -4.67. The summed E-state index contributed by atoms with van der Waals surface area (Å²) >= 11 is 0. The average Bonchev–Trinajstić information content (AvgIpc) is 3.54. The first-order valence-electron chi connectivity index (χ1n) is 19.4. The SMILES string of the molecule is CNC(=O)CO/N=C1\C[C@@H](C(N)=O)N2C[C@@H]1N(O)C2=O.O=S(=O)(O)O.c1ccc(P(c2ccccc2)c2ccccc2)cc1.c1ccc(P(c2ccccc2)c2ccccc2)cc1. The molecular formula is C46H47N5O9P2S. The van der Waals surface area contributed by atoms with Gasteiger partial charge < -0.3 is 20.8 Å². The molecule has 2 fully saturated rings. The Morgan fingerprint density at radius 2 is 0.968 bits per heavy atom. The summed E-state index contributed by atoms with van der Waals surface area (Å²) in [4.78, 5) is 40.1. The number of hydrogen-bond donors (Lipinski definition) is 5. The molecule has 2 saturated heterocycles. The van der Waals surface area contributed by atoms with Crippen LogP contribution >= 0.6 is 15.8 Å². The van der Waals surface area contributed by atoms with Crippen molar-refractivity contribution in [2.75, 3.05) is 20.2 Å². The molecule has 0 saturated carbocycles. The number of carbonyl (C=O) groups is 3. The van der Waals surface area contributed by atoms with Gasteiger partial charge in [0.15, 0.2) is 6.61 Å². The molecule has 0 unspecified atom stereocenters. The van der Waals surface area contributed by atoms with Gasteiger partial charge in [0.05, 0.1) is 12.3 Å². The van der Waals surface area contributed by atoms with Crippen LogP contribution in [0.15, 0.2) is 187 Å². The Morgan fingerprint density at radius 3 is 1.24 bits per heavy atom. The molecule has 0 aliphatic carbocycles. The lowest BCUT2D eigenvalue weighted by molar-refractivity contribution is -0.125. The fourth-order valence-electron chi connectivity index (χ4n) is 6.51. The predicted octanol–water partition coefficient (Wildman–Crippen LogP) is 4.09. The molecule has 0 spiro atoms. The third-order valence-electron chi connectivity index (χ3n) is 9.34. The zero-order valence-corrected chi connectivity index (χ0v) is 36.7. The van der Waals surface area contributed by atoms with Gasteiger partial charge in [-0.2, -0.15) is 13.5 Å². The van der Waals surface area contributed by atoms with Crippen molar-refractivity contribution < 1.29 is 42.0 Å². The Morgan fingerprint density at radius 1 is 0.667 bits per heavy atom. The number of nitrogens with two attached hydrogens (primary N) is 1. The van der Waals surface area contributed by atoms with Crippen LogP contribution in [-0.2, 0) is 24.8 Å². The van der Waals surface area contributed by atoms with Crippen molar-refractivity contribution in [1.82, 2.24) is 15.3 Å². The lowest BCUT2D eigenvalue weighted by Gasteiger charge is -2.28. The van der Waals surface area contributed by atoms with E-state index < -0.39 is 50.3 Å². The van der Waals surface area contributed by atoms with E-state index in [0.29, 0.717) is 10.8 Å². The van der Waals surface area contributed by atoms with Crippen LogP contribution in [0.2, 0.25) is 0 Å². The third-order valence-corrected chi connectivity index (χ3v) is 14.2. The number of hydrogen-bond acceptors (Lipinski definition) is 8. The monoisotopic (exact) mass is 907 g/mol. The van der Waals surface area contributed by atoms with Crippen LogP contribution < -0.4 is 42.9 Å². The number of rotatable bonds is 10. The second-order valence-electron chi connectivity index (χ2n) is 13.6. The Bertz CT molecular complexity index is 2180.